The highest BCUT2D eigenvalue weighted by atomic mass is 35.5. The number of aromatic nitrogens is 3. The van der Waals surface area contributed by atoms with Crippen molar-refractivity contribution >= 4 is 23.2 Å². The minimum absolute atomic E-state index is 0.266. The zero-order chi connectivity index (χ0) is 17.6. The van der Waals surface area contributed by atoms with E-state index in [2.05, 4.69) is 20.5 Å². The number of anilines is 2. The van der Waals surface area contributed by atoms with Crippen molar-refractivity contribution in [2.24, 2.45) is 0 Å². The topological polar surface area (TPSA) is 79.9 Å². The summed E-state index contributed by atoms with van der Waals surface area (Å²) in [7, 11) is 0. The van der Waals surface area contributed by atoms with Gasteiger partial charge < -0.3 is 10.1 Å². The predicted octanol–water partition coefficient (Wildman–Crippen LogP) is 3.55. The van der Waals surface area contributed by atoms with E-state index in [-0.39, 0.29) is 11.5 Å². The predicted molar refractivity (Wildman–Crippen MR) is 97.8 cm³/mol. The average Bonchev–Trinajstić information content (AvgIpc) is 2.59. The van der Waals surface area contributed by atoms with Gasteiger partial charge in [0.1, 0.15) is 11.4 Å². The lowest BCUT2D eigenvalue weighted by molar-refractivity contribution is 0.340. The van der Waals surface area contributed by atoms with Crippen LogP contribution in [0.1, 0.15) is 18.2 Å². The Bertz CT molecular complexity index is 909. The van der Waals surface area contributed by atoms with E-state index in [4.69, 9.17) is 16.3 Å². The normalized spacial score (nSPS) is 10.5. The van der Waals surface area contributed by atoms with Gasteiger partial charge in [-0.15, -0.1) is 10.2 Å². The van der Waals surface area contributed by atoms with E-state index in [1.807, 2.05) is 37.3 Å². The van der Waals surface area contributed by atoms with Crippen LogP contribution in [0.25, 0.3) is 0 Å². The number of hydrogen-bond donors (Lipinski definition) is 2. The fourth-order valence-electron chi connectivity index (χ4n) is 2.30. The smallest absolute Gasteiger partial charge is 0.274 e. The zero-order valence-electron chi connectivity index (χ0n) is 13.6. The van der Waals surface area contributed by atoms with E-state index in [0.717, 1.165) is 17.0 Å². The third-order valence-corrected chi connectivity index (χ3v) is 3.69. The number of hydrogen-bond acceptors (Lipinski definition) is 5. The van der Waals surface area contributed by atoms with E-state index >= 15 is 0 Å². The molecule has 0 fully saturated rings. The summed E-state index contributed by atoms with van der Waals surface area (Å²) < 4.78 is 5.40. The minimum Gasteiger partial charge on any atom is -0.494 e. The lowest BCUT2D eigenvalue weighted by atomic mass is 10.1. The first-order valence-electron chi connectivity index (χ1n) is 7.84. The molecule has 2 N–H and O–H groups in total. The van der Waals surface area contributed by atoms with Crippen molar-refractivity contribution in [1.82, 2.24) is 15.2 Å². The van der Waals surface area contributed by atoms with Crippen molar-refractivity contribution in [2.75, 3.05) is 11.9 Å². The first kappa shape index (κ1) is 17.0. The molecular weight excluding hydrogens is 340 g/mol. The Labute approximate surface area is 149 Å². The van der Waals surface area contributed by atoms with Gasteiger partial charge in [0.15, 0.2) is 0 Å². The van der Waals surface area contributed by atoms with E-state index in [0.29, 0.717) is 23.7 Å². The fraction of sp³-hybridized carbons (Fsp3) is 0.167. The van der Waals surface area contributed by atoms with Crippen molar-refractivity contribution in [3.8, 4) is 5.75 Å². The van der Waals surface area contributed by atoms with Crippen LogP contribution < -0.4 is 15.6 Å². The largest absolute Gasteiger partial charge is 0.494 e. The first-order chi connectivity index (χ1) is 12.1. The summed E-state index contributed by atoms with van der Waals surface area (Å²) in [6.07, 6.45) is 0.395. The number of rotatable bonds is 6. The molecule has 7 heteroatoms. The summed E-state index contributed by atoms with van der Waals surface area (Å²) >= 11 is 5.93. The number of ether oxygens (including phenoxy) is 1. The molecule has 6 nitrogen and oxygen atoms in total. The second-order valence-corrected chi connectivity index (χ2v) is 5.77. The van der Waals surface area contributed by atoms with E-state index in [9.17, 15) is 4.79 Å². The van der Waals surface area contributed by atoms with E-state index < -0.39 is 0 Å². The van der Waals surface area contributed by atoms with Crippen LogP contribution in [0, 0.1) is 0 Å². The highest BCUT2D eigenvalue weighted by Crippen LogP contribution is 2.17. The lowest BCUT2D eigenvalue weighted by Gasteiger charge is -2.06. The molecule has 0 aliphatic rings. The Morgan fingerprint density at radius 3 is 2.64 bits per heavy atom. The van der Waals surface area contributed by atoms with Gasteiger partial charge in [0.05, 0.1) is 6.61 Å². The second kappa shape index (κ2) is 7.81. The van der Waals surface area contributed by atoms with Crippen LogP contribution in [0.2, 0.25) is 5.02 Å². The Hall–Kier alpha value is -2.86. The number of halogens is 1. The number of nitrogens with one attached hydrogen (secondary N) is 2. The van der Waals surface area contributed by atoms with Gasteiger partial charge in [-0.3, -0.25) is 9.78 Å². The molecule has 1 aromatic heterocycles. The fourth-order valence-corrected chi connectivity index (χ4v) is 2.49. The van der Waals surface area contributed by atoms with Crippen molar-refractivity contribution in [1.29, 1.82) is 0 Å². The molecule has 25 heavy (non-hydrogen) atoms. The molecule has 0 aliphatic heterocycles. The second-order valence-electron chi connectivity index (χ2n) is 5.34. The summed E-state index contributed by atoms with van der Waals surface area (Å²) in [5.41, 5.74) is 1.74. The van der Waals surface area contributed by atoms with Crippen molar-refractivity contribution < 1.29 is 4.74 Å². The van der Waals surface area contributed by atoms with Crippen LogP contribution >= 0.6 is 11.6 Å². The third kappa shape index (κ3) is 4.58. The van der Waals surface area contributed by atoms with Gasteiger partial charge >= 0.3 is 0 Å². The van der Waals surface area contributed by atoms with Crippen LogP contribution in [-0.4, -0.2) is 21.8 Å². The van der Waals surface area contributed by atoms with Gasteiger partial charge in [0, 0.05) is 17.1 Å². The number of benzene rings is 2. The summed E-state index contributed by atoms with van der Waals surface area (Å²) in [5, 5.41) is 11.6. The van der Waals surface area contributed by atoms with Crippen LogP contribution in [0.5, 0.6) is 5.75 Å². The van der Waals surface area contributed by atoms with Crippen molar-refractivity contribution in [3.63, 3.8) is 0 Å². The van der Waals surface area contributed by atoms with Crippen LogP contribution in [0.4, 0.5) is 11.6 Å². The molecule has 0 radical (unpaired) electrons. The van der Waals surface area contributed by atoms with Crippen LogP contribution in [0.15, 0.2) is 53.3 Å². The van der Waals surface area contributed by atoms with Crippen molar-refractivity contribution in [3.05, 3.63) is 75.2 Å². The molecule has 0 saturated heterocycles. The molecule has 0 aliphatic carbocycles. The van der Waals surface area contributed by atoms with Gasteiger partial charge in [-0.2, -0.15) is 0 Å². The monoisotopic (exact) mass is 356 g/mol. The van der Waals surface area contributed by atoms with E-state index in [1.165, 1.54) is 0 Å². The molecule has 3 rings (SSSR count). The van der Waals surface area contributed by atoms with Gasteiger partial charge in [-0.1, -0.05) is 29.8 Å². The minimum atomic E-state index is -0.284. The summed E-state index contributed by atoms with van der Waals surface area (Å²) in [4.78, 5) is 14.9. The van der Waals surface area contributed by atoms with Crippen LogP contribution in [-0.2, 0) is 6.42 Å². The molecule has 3 aromatic rings. The SMILES string of the molecule is CCOc1ccc(Cc2nnc(Nc3cccc(Cl)c3)[nH]c2=O)cc1. The molecule has 0 spiro atoms. The molecule has 0 saturated carbocycles. The lowest BCUT2D eigenvalue weighted by Crippen LogP contribution is -2.18. The molecular formula is C18H17ClN4O2. The number of H-pyrrole nitrogens is 1. The summed E-state index contributed by atoms with van der Waals surface area (Å²) in [5.74, 6) is 1.06. The molecule has 0 amide bonds. The van der Waals surface area contributed by atoms with E-state index in [1.54, 1.807) is 18.2 Å². The standard InChI is InChI=1S/C18H17ClN4O2/c1-2-25-15-8-6-12(7-9-15)10-16-17(24)21-18(23-22-16)20-14-5-3-4-13(19)11-14/h3-9,11H,2,10H2,1H3,(H2,20,21,23,24). The molecule has 0 bridgehead atoms. The molecule has 2 aromatic carbocycles. The van der Waals surface area contributed by atoms with Crippen LogP contribution in [0.3, 0.4) is 0 Å². The van der Waals surface area contributed by atoms with Gasteiger partial charge in [0.2, 0.25) is 5.95 Å². The summed E-state index contributed by atoms with van der Waals surface area (Å²) in [6.45, 7) is 2.55. The van der Waals surface area contributed by atoms with Gasteiger partial charge in [-0.05, 0) is 42.8 Å². The first-order valence-corrected chi connectivity index (χ1v) is 8.22. The average molecular weight is 357 g/mol. The number of aromatic amines is 1. The highest BCUT2D eigenvalue weighted by molar-refractivity contribution is 6.30. The zero-order valence-corrected chi connectivity index (χ0v) is 14.4. The molecule has 128 valence electrons. The Morgan fingerprint density at radius 1 is 1.16 bits per heavy atom. The molecule has 0 atom stereocenters. The van der Waals surface area contributed by atoms with Crippen molar-refractivity contribution in [2.45, 2.75) is 13.3 Å². The van der Waals surface area contributed by atoms with Gasteiger partial charge in [0.25, 0.3) is 5.56 Å². The molecule has 1 heterocycles. The number of nitrogens with zero attached hydrogens (tertiary/aromatic N) is 2. The maximum atomic E-state index is 12.2. The Kier molecular flexibility index (Phi) is 5.30. The summed E-state index contributed by atoms with van der Waals surface area (Å²) in [6, 6.07) is 14.7. The highest BCUT2D eigenvalue weighted by Gasteiger charge is 2.07. The Balaban J connectivity index is 1.72. The quantitative estimate of drug-likeness (QED) is 0.706. The third-order valence-electron chi connectivity index (χ3n) is 3.46. The maximum absolute atomic E-state index is 12.2. The maximum Gasteiger partial charge on any atom is 0.274 e. The Morgan fingerprint density at radius 2 is 1.96 bits per heavy atom. The van der Waals surface area contributed by atoms with Gasteiger partial charge in [-0.25, -0.2) is 0 Å². The molecule has 0 unspecified atom stereocenters.